The quantitative estimate of drug-likeness (QED) is 0.717. The number of sulfonamides is 1. The summed E-state index contributed by atoms with van der Waals surface area (Å²) in [5.41, 5.74) is 5.25. The SMILES string of the molecule is CN(CCS(C)(=O)=O)S(=O)(=O)c1cnc(N)nc1. The number of hydrogen-bond acceptors (Lipinski definition) is 7. The minimum Gasteiger partial charge on any atom is -0.368 e. The highest BCUT2D eigenvalue weighted by atomic mass is 32.2. The summed E-state index contributed by atoms with van der Waals surface area (Å²) in [7, 11) is -5.73. The highest BCUT2D eigenvalue weighted by molar-refractivity contribution is 7.91. The lowest BCUT2D eigenvalue weighted by molar-refractivity contribution is 0.484. The van der Waals surface area contributed by atoms with Crippen LogP contribution >= 0.6 is 0 Å². The molecule has 0 unspecified atom stereocenters. The van der Waals surface area contributed by atoms with E-state index in [9.17, 15) is 16.8 Å². The van der Waals surface area contributed by atoms with Gasteiger partial charge in [-0.2, -0.15) is 4.31 Å². The molecule has 18 heavy (non-hydrogen) atoms. The predicted octanol–water partition coefficient (Wildman–Crippen LogP) is -1.28. The van der Waals surface area contributed by atoms with Crippen molar-refractivity contribution in [1.82, 2.24) is 14.3 Å². The number of sulfone groups is 1. The molecule has 1 aromatic heterocycles. The van der Waals surface area contributed by atoms with E-state index < -0.39 is 19.9 Å². The minimum atomic E-state index is -3.79. The molecule has 0 radical (unpaired) electrons. The van der Waals surface area contributed by atoms with Crippen molar-refractivity contribution in [3.05, 3.63) is 12.4 Å². The van der Waals surface area contributed by atoms with E-state index in [1.54, 1.807) is 0 Å². The van der Waals surface area contributed by atoms with Gasteiger partial charge in [0, 0.05) is 19.8 Å². The molecule has 0 fully saturated rings. The fraction of sp³-hybridized carbons (Fsp3) is 0.500. The molecule has 0 saturated carbocycles. The molecule has 0 aromatic carbocycles. The van der Waals surface area contributed by atoms with Crippen LogP contribution in [0.1, 0.15) is 0 Å². The van der Waals surface area contributed by atoms with Crippen LogP contribution in [-0.2, 0) is 19.9 Å². The third kappa shape index (κ3) is 3.89. The largest absolute Gasteiger partial charge is 0.368 e. The summed E-state index contributed by atoms with van der Waals surface area (Å²) >= 11 is 0. The van der Waals surface area contributed by atoms with E-state index in [4.69, 9.17) is 5.73 Å². The van der Waals surface area contributed by atoms with Crippen LogP contribution in [0, 0.1) is 0 Å². The topological polar surface area (TPSA) is 123 Å². The Balaban J connectivity index is 2.90. The van der Waals surface area contributed by atoms with Gasteiger partial charge in [-0.1, -0.05) is 0 Å². The average Bonchev–Trinajstić information content (AvgIpc) is 2.25. The lowest BCUT2D eigenvalue weighted by atomic mass is 10.7. The summed E-state index contributed by atoms with van der Waals surface area (Å²) < 4.78 is 46.8. The molecule has 0 aliphatic carbocycles. The lowest BCUT2D eigenvalue weighted by Crippen LogP contribution is -2.31. The number of nitrogens with two attached hydrogens (primary N) is 1. The Morgan fingerprint density at radius 3 is 2.17 bits per heavy atom. The van der Waals surface area contributed by atoms with Crippen molar-refractivity contribution in [3.63, 3.8) is 0 Å². The predicted molar refractivity (Wildman–Crippen MR) is 66.0 cm³/mol. The summed E-state index contributed by atoms with van der Waals surface area (Å²) in [6, 6.07) is 0. The molecule has 0 aliphatic rings. The maximum Gasteiger partial charge on any atom is 0.245 e. The van der Waals surface area contributed by atoms with Gasteiger partial charge in [-0.15, -0.1) is 0 Å². The zero-order valence-corrected chi connectivity index (χ0v) is 11.6. The molecule has 1 rings (SSSR count). The molecule has 0 atom stereocenters. The zero-order valence-electron chi connectivity index (χ0n) is 9.94. The third-order valence-electron chi connectivity index (χ3n) is 2.13. The molecule has 8 nitrogen and oxygen atoms in total. The van der Waals surface area contributed by atoms with E-state index in [1.165, 1.54) is 7.05 Å². The molecule has 10 heteroatoms. The first-order valence-corrected chi connectivity index (χ1v) is 8.34. The summed E-state index contributed by atoms with van der Waals surface area (Å²) in [6.45, 7) is -0.133. The van der Waals surface area contributed by atoms with Crippen LogP contribution in [0.3, 0.4) is 0 Å². The van der Waals surface area contributed by atoms with E-state index in [2.05, 4.69) is 9.97 Å². The first kappa shape index (κ1) is 14.8. The van der Waals surface area contributed by atoms with Crippen molar-refractivity contribution >= 4 is 25.8 Å². The van der Waals surface area contributed by atoms with Crippen LogP contribution < -0.4 is 5.73 Å². The van der Waals surface area contributed by atoms with Crippen molar-refractivity contribution in [1.29, 1.82) is 0 Å². The second-order valence-corrected chi connectivity index (χ2v) is 8.04. The maximum absolute atomic E-state index is 12.0. The fourth-order valence-corrected chi connectivity index (χ4v) is 2.84. The van der Waals surface area contributed by atoms with E-state index >= 15 is 0 Å². The molecule has 0 amide bonds. The van der Waals surface area contributed by atoms with Gasteiger partial charge in [0.1, 0.15) is 14.7 Å². The fourth-order valence-electron chi connectivity index (χ4n) is 1.05. The lowest BCUT2D eigenvalue weighted by Gasteiger charge is -2.15. The number of rotatable bonds is 5. The van der Waals surface area contributed by atoms with Crippen molar-refractivity contribution in [2.24, 2.45) is 0 Å². The van der Waals surface area contributed by atoms with Crippen LogP contribution in [-0.4, -0.2) is 56.7 Å². The van der Waals surface area contributed by atoms with Crippen molar-refractivity contribution in [2.75, 3.05) is 31.3 Å². The number of aromatic nitrogens is 2. The van der Waals surface area contributed by atoms with Crippen LogP contribution in [0.5, 0.6) is 0 Å². The molecule has 1 heterocycles. The average molecular weight is 294 g/mol. The van der Waals surface area contributed by atoms with E-state index in [0.717, 1.165) is 23.0 Å². The molecule has 0 spiro atoms. The van der Waals surface area contributed by atoms with Gasteiger partial charge in [-0.3, -0.25) is 0 Å². The van der Waals surface area contributed by atoms with E-state index in [0.29, 0.717) is 0 Å². The Hall–Kier alpha value is -1.26. The number of nitrogen functional groups attached to an aromatic ring is 1. The smallest absolute Gasteiger partial charge is 0.245 e. The Kier molecular flexibility index (Phi) is 4.24. The van der Waals surface area contributed by atoms with Gasteiger partial charge in [0.25, 0.3) is 0 Å². The maximum atomic E-state index is 12.0. The molecule has 0 saturated heterocycles. The van der Waals surface area contributed by atoms with Gasteiger partial charge in [-0.05, 0) is 0 Å². The summed E-state index contributed by atoms with van der Waals surface area (Å²) in [4.78, 5) is 7.03. The van der Waals surface area contributed by atoms with Crippen LogP contribution in [0.25, 0.3) is 0 Å². The Morgan fingerprint density at radius 2 is 1.72 bits per heavy atom. The number of anilines is 1. The summed E-state index contributed by atoms with van der Waals surface area (Å²) in [5.74, 6) is -0.286. The van der Waals surface area contributed by atoms with Crippen LogP contribution in [0.4, 0.5) is 5.95 Å². The van der Waals surface area contributed by atoms with Gasteiger partial charge in [-0.25, -0.2) is 26.8 Å². The Morgan fingerprint density at radius 1 is 1.22 bits per heavy atom. The number of nitrogens with zero attached hydrogens (tertiary/aromatic N) is 3. The second kappa shape index (κ2) is 5.16. The first-order valence-electron chi connectivity index (χ1n) is 4.84. The number of hydrogen-bond donors (Lipinski definition) is 1. The van der Waals surface area contributed by atoms with Gasteiger partial charge < -0.3 is 5.73 Å². The molecule has 0 bridgehead atoms. The highest BCUT2D eigenvalue weighted by Crippen LogP contribution is 2.12. The van der Waals surface area contributed by atoms with Crippen molar-refractivity contribution < 1.29 is 16.8 Å². The Labute approximate surface area is 106 Å². The molecule has 102 valence electrons. The van der Waals surface area contributed by atoms with Gasteiger partial charge in [0.2, 0.25) is 16.0 Å². The monoisotopic (exact) mass is 294 g/mol. The highest BCUT2D eigenvalue weighted by Gasteiger charge is 2.22. The van der Waals surface area contributed by atoms with Crippen molar-refractivity contribution in [3.8, 4) is 0 Å². The van der Waals surface area contributed by atoms with Gasteiger partial charge in [0.05, 0.1) is 18.1 Å². The van der Waals surface area contributed by atoms with Gasteiger partial charge in [0.15, 0.2) is 0 Å². The summed E-state index contributed by atoms with van der Waals surface area (Å²) in [5, 5.41) is 0. The summed E-state index contributed by atoms with van der Waals surface area (Å²) in [6.07, 6.45) is 3.20. The second-order valence-electron chi connectivity index (χ2n) is 3.73. The molecular formula is C8H14N4O4S2. The third-order valence-corrected chi connectivity index (χ3v) is 4.87. The first-order chi connectivity index (χ1) is 8.13. The molecule has 1 aromatic rings. The normalized spacial score (nSPS) is 12.8. The van der Waals surface area contributed by atoms with Crippen molar-refractivity contribution in [2.45, 2.75) is 4.90 Å². The standard InChI is InChI=1S/C8H14N4O4S2/c1-12(3-4-17(2,13)14)18(15,16)7-5-10-8(9)11-6-7/h5-6H,3-4H2,1-2H3,(H2,9,10,11). The van der Waals surface area contributed by atoms with Gasteiger partial charge >= 0.3 is 0 Å². The zero-order chi connectivity index (χ0) is 14.0. The van der Waals surface area contributed by atoms with Crippen LogP contribution in [0.15, 0.2) is 17.3 Å². The molecular weight excluding hydrogens is 280 g/mol. The van der Waals surface area contributed by atoms with E-state index in [1.807, 2.05) is 0 Å². The van der Waals surface area contributed by atoms with E-state index in [-0.39, 0.29) is 23.1 Å². The minimum absolute atomic E-state index is 0.0345. The van der Waals surface area contributed by atoms with Crippen LogP contribution in [0.2, 0.25) is 0 Å². The Bertz CT molecular complexity index is 609. The molecule has 0 aliphatic heterocycles. The molecule has 2 N–H and O–H groups in total.